The Labute approximate surface area is 191 Å². The molecule has 2 N–H and O–H groups in total. The van der Waals surface area contributed by atoms with Crippen molar-refractivity contribution in [1.29, 1.82) is 0 Å². The number of carbonyl (C=O) groups is 2. The Hall–Kier alpha value is -3.39. The highest BCUT2D eigenvalue weighted by atomic mass is 32.1. The Balaban J connectivity index is 1.28. The van der Waals surface area contributed by atoms with Gasteiger partial charge in [0.25, 0.3) is 0 Å². The summed E-state index contributed by atoms with van der Waals surface area (Å²) in [7, 11) is 1.58. The van der Waals surface area contributed by atoms with Crippen molar-refractivity contribution in [3.05, 3.63) is 58.9 Å². The lowest BCUT2D eigenvalue weighted by molar-refractivity contribution is -0.121. The summed E-state index contributed by atoms with van der Waals surface area (Å²) in [4.78, 5) is 31.6. The number of aromatic nitrogens is 1. The summed E-state index contributed by atoms with van der Waals surface area (Å²) in [6.45, 7) is 3.05. The number of hydrogen-bond donors (Lipinski definition) is 2. The van der Waals surface area contributed by atoms with Gasteiger partial charge < -0.3 is 20.3 Å². The first-order chi connectivity index (χ1) is 15.5. The molecule has 1 aliphatic rings. The van der Waals surface area contributed by atoms with Crippen molar-refractivity contribution in [2.45, 2.75) is 19.8 Å². The van der Waals surface area contributed by atoms with Crippen LogP contribution in [0.2, 0.25) is 0 Å². The first-order valence-electron chi connectivity index (χ1n) is 10.6. The third kappa shape index (κ3) is 5.08. The summed E-state index contributed by atoms with van der Waals surface area (Å²) in [5.74, 6) is 0.459. The van der Waals surface area contributed by atoms with Crippen LogP contribution in [0.25, 0.3) is 11.3 Å². The third-order valence-electron chi connectivity index (χ3n) is 5.57. The molecule has 4 rings (SSSR count). The van der Waals surface area contributed by atoms with E-state index in [0.717, 1.165) is 22.0 Å². The van der Waals surface area contributed by atoms with Crippen LogP contribution in [0.3, 0.4) is 0 Å². The van der Waals surface area contributed by atoms with Gasteiger partial charge in [0.1, 0.15) is 5.75 Å². The van der Waals surface area contributed by atoms with Crippen LogP contribution in [-0.2, 0) is 4.79 Å². The number of methoxy groups -OCH3 is 1. The van der Waals surface area contributed by atoms with Gasteiger partial charge in [0.15, 0.2) is 0 Å². The summed E-state index contributed by atoms with van der Waals surface area (Å²) in [5.41, 5.74) is 3.37. The molecule has 0 radical (unpaired) electrons. The lowest BCUT2D eigenvalue weighted by atomic mass is 9.96. The molecular formula is C24H26N4O3S. The van der Waals surface area contributed by atoms with E-state index in [1.807, 2.05) is 60.8 Å². The largest absolute Gasteiger partial charge is 0.495 e. The number of anilines is 2. The van der Waals surface area contributed by atoms with Gasteiger partial charge in [-0.1, -0.05) is 24.3 Å². The van der Waals surface area contributed by atoms with Crippen LogP contribution in [-0.4, -0.2) is 42.0 Å². The first kappa shape index (κ1) is 21.8. The molecular weight excluding hydrogens is 424 g/mol. The van der Waals surface area contributed by atoms with E-state index in [-0.39, 0.29) is 17.9 Å². The maximum atomic E-state index is 12.7. The van der Waals surface area contributed by atoms with Gasteiger partial charge in [-0.25, -0.2) is 9.78 Å². The highest BCUT2D eigenvalue weighted by molar-refractivity contribution is 7.09. The minimum atomic E-state index is -0.147. The number of urea groups is 1. The van der Waals surface area contributed by atoms with Crippen LogP contribution in [0.4, 0.5) is 16.2 Å². The number of hydrogen-bond acceptors (Lipinski definition) is 5. The van der Waals surface area contributed by atoms with E-state index in [9.17, 15) is 9.59 Å². The van der Waals surface area contributed by atoms with Crippen molar-refractivity contribution in [3.63, 3.8) is 0 Å². The standard InChI is InChI=1S/C24H26N4O3S/c1-16-25-21(15-32-16)17-7-9-19(10-8-17)26-24(30)28-13-11-18(12-14-28)23(29)27-20-5-3-4-6-22(20)31-2/h3-10,15,18H,11-14H2,1-2H3,(H,26,30)(H,27,29). The predicted octanol–water partition coefficient (Wildman–Crippen LogP) is 5.01. The summed E-state index contributed by atoms with van der Waals surface area (Å²) in [6, 6.07) is 14.9. The average Bonchev–Trinajstić information content (AvgIpc) is 3.26. The van der Waals surface area contributed by atoms with Crippen LogP contribution in [0, 0.1) is 12.8 Å². The number of amides is 3. The topological polar surface area (TPSA) is 83.6 Å². The smallest absolute Gasteiger partial charge is 0.321 e. The summed E-state index contributed by atoms with van der Waals surface area (Å²) >= 11 is 1.61. The molecule has 2 heterocycles. The SMILES string of the molecule is COc1ccccc1NC(=O)C1CCN(C(=O)Nc2ccc(-c3csc(C)n3)cc2)CC1. The van der Waals surface area contributed by atoms with Gasteiger partial charge in [-0.05, 0) is 44.0 Å². The number of carbonyl (C=O) groups excluding carboxylic acids is 2. The molecule has 8 heteroatoms. The van der Waals surface area contributed by atoms with Crippen molar-refractivity contribution in [2.75, 3.05) is 30.8 Å². The van der Waals surface area contributed by atoms with Gasteiger partial charge >= 0.3 is 6.03 Å². The molecule has 32 heavy (non-hydrogen) atoms. The van der Waals surface area contributed by atoms with E-state index in [1.54, 1.807) is 23.3 Å². The predicted molar refractivity (Wildman–Crippen MR) is 127 cm³/mol. The molecule has 0 unspecified atom stereocenters. The molecule has 0 spiro atoms. The molecule has 0 bridgehead atoms. The van der Waals surface area contributed by atoms with Crippen LogP contribution in [0.5, 0.6) is 5.75 Å². The lowest BCUT2D eigenvalue weighted by Gasteiger charge is -2.31. The molecule has 7 nitrogen and oxygen atoms in total. The second-order valence-corrected chi connectivity index (χ2v) is 8.77. The van der Waals surface area contributed by atoms with Gasteiger partial charge in [0, 0.05) is 35.6 Å². The molecule has 1 aromatic heterocycles. The maximum Gasteiger partial charge on any atom is 0.321 e. The molecule has 1 saturated heterocycles. The maximum absolute atomic E-state index is 12.7. The monoisotopic (exact) mass is 450 g/mol. The molecule has 166 valence electrons. The zero-order valence-corrected chi connectivity index (χ0v) is 18.9. The van der Waals surface area contributed by atoms with Gasteiger partial charge in [0.2, 0.25) is 5.91 Å². The number of para-hydroxylation sites is 2. The first-order valence-corrected chi connectivity index (χ1v) is 11.4. The van der Waals surface area contributed by atoms with E-state index in [2.05, 4.69) is 15.6 Å². The highest BCUT2D eigenvalue weighted by Gasteiger charge is 2.28. The number of thiazole rings is 1. The van der Waals surface area contributed by atoms with E-state index in [0.29, 0.717) is 37.4 Å². The molecule has 0 aliphatic carbocycles. The number of nitrogens with one attached hydrogen (secondary N) is 2. The number of benzene rings is 2. The minimum Gasteiger partial charge on any atom is -0.495 e. The third-order valence-corrected chi connectivity index (χ3v) is 6.34. The van der Waals surface area contributed by atoms with Crippen LogP contribution < -0.4 is 15.4 Å². The number of aryl methyl sites for hydroxylation is 1. The molecule has 1 aliphatic heterocycles. The van der Waals surface area contributed by atoms with Crippen molar-refractivity contribution in [2.24, 2.45) is 5.92 Å². The van der Waals surface area contributed by atoms with E-state index < -0.39 is 0 Å². The van der Waals surface area contributed by atoms with Gasteiger partial charge in [-0.15, -0.1) is 11.3 Å². The molecule has 0 atom stereocenters. The van der Waals surface area contributed by atoms with E-state index >= 15 is 0 Å². The van der Waals surface area contributed by atoms with Crippen LogP contribution in [0.1, 0.15) is 17.8 Å². The number of nitrogens with zero attached hydrogens (tertiary/aromatic N) is 2. The number of likely N-dealkylation sites (tertiary alicyclic amines) is 1. The fourth-order valence-electron chi connectivity index (χ4n) is 3.75. The Morgan fingerprint density at radius 2 is 1.78 bits per heavy atom. The zero-order valence-electron chi connectivity index (χ0n) is 18.1. The molecule has 2 aromatic carbocycles. The molecule has 1 fully saturated rings. The summed E-state index contributed by atoms with van der Waals surface area (Å²) in [6.07, 6.45) is 1.24. The normalized spacial score (nSPS) is 14.1. The number of ether oxygens (including phenoxy) is 1. The van der Waals surface area contributed by atoms with Gasteiger partial charge in [-0.2, -0.15) is 0 Å². The average molecular weight is 451 g/mol. The Kier molecular flexibility index (Phi) is 6.70. The fourth-order valence-corrected chi connectivity index (χ4v) is 4.37. The van der Waals surface area contributed by atoms with E-state index in [1.165, 1.54) is 0 Å². The quantitative estimate of drug-likeness (QED) is 0.572. The Morgan fingerprint density at radius 1 is 1.06 bits per heavy atom. The van der Waals surface area contributed by atoms with Crippen molar-refractivity contribution in [1.82, 2.24) is 9.88 Å². The molecule has 0 saturated carbocycles. The Bertz CT molecular complexity index is 1090. The van der Waals surface area contributed by atoms with Crippen LogP contribution >= 0.6 is 11.3 Å². The number of piperidine rings is 1. The lowest BCUT2D eigenvalue weighted by Crippen LogP contribution is -2.43. The molecule has 3 aromatic rings. The van der Waals surface area contributed by atoms with Gasteiger partial charge in [-0.3, -0.25) is 4.79 Å². The van der Waals surface area contributed by atoms with Crippen molar-refractivity contribution < 1.29 is 14.3 Å². The van der Waals surface area contributed by atoms with E-state index in [4.69, 9.17) is 4.74 Å². The number of rotatable bonds is 5. The second kappa shape index (κ2) is 9.82. The highest BCUT2D eigenvalue weighted by Crippen LogP contribution is 2.26. The zero-order chi connectivity index (χ0) is 22.5. The van der Waals surface area contributed by atoms with Gasteiger partial charge in [0.05, 0.1) is 23.5 Å². The molecule has 3 amide bonds. The van der Waals surface area contributed by atoms with Crippen LogP contribution in [0.15, 0.2) is 53.9 Å². The van der Waals surface area contributed by atoms with Crippen molar-refractivity contribution in [3.8, 4) is 17.0 Å². The Morgan fingerprint density at radius 3 is 2.44 bits per heavy atom. The summed E-state index contributed by atoms with van der Waals surface area (Å²) < 4.78 is 5.29. The summed E-state index contributed by atoms with van der Waals surface area (Å²) in [5, 5.41) is 8.94. The second-order valence-electron chi connectivity index (χ2n) is 7.71. The fraction of sp³-hybridized carbons (Fsp3) is 0.292. The minimum absolute atomic E-state index is 0.0394. The van der Waals surface area contributed by atoms with Crippen molar-refractivity contribution >= 4 is 34.6 Å².